The van der Waals surface area contributed by atoms with Crippen LogP contribution >= 0.6 is 11.6 Å². The Hall–Kier alpha value is -2.93. The van der Waals surface area contributed by atoms with Gasteiger partial charge in [0.15, 0.2) is 5.69 Å². The summed E-state index contributed by atoms with van der Waals surface area (Å²) in [6.07, 6.45) is 4.11. The summed E-state index contributed by atoms with van der Waals surface area (Å²) in [7, 11) is 1.56. The van der Waals surface area contributed by atoms with Gasteiger partial charge < -0.3 is 10.1 Å². The molecule has 0 bridgehead atoms. The number of halogens is 1. The van der Waals surface area contributed by atoms with Crippen molar-refractivity contribution in [1.29, 1.82) is 0 Å². The molecule has 140 valence electrons. The fourth-order valence-corrected chi connectivity index (χ4v) is 2.76. The summed E-state index contributed by atoms with van der Waals surface area (Å²) in [6.45, 7) is 3.94. The van der Waals surface area contributed by atoms with Gasteiger partial charge in [0.05, 0.1) is 7.11 Å². The van der Waals surface area contributed by atoms with E-state index in [4.69, 9.17) is 16.3 Å². The van der Waals surface area contributed by atoms with Crippen LogP contribution in [-0.4, -0.2) is 39.0 Å². The molecule has 1 aromatic carbocycles. The number of hydrogen-bond donors (Lipinski definition) is 1. The van der Waals surface area contributed by atoms with Crippen LogP contribution in [0.4, 0.5) is 0 Å². The molecule has 1 amide bonds. The number of benzene rings is 1. The smallest absolute Gasteiger partial charge is 0.274 e. The van der Waals surface area contributed by atoms with Gasteiger partial charge in [0.1, 0.15) is 17.1 Å². The Labute approximate surface area is 162 Å². The number of ether oxygens (including phenoxy) is 1. The molecule has 3 rings (SSSR count). The van der Waals surface area contributed by atoms with Crippen LogP contribution in [0.15, 0.2) is 42.7 Å². The van der Waals surface area contributed by atoms with Crippen LogP contribution in [-0.2, 0) is 0 Å². The van der Waals surface area contributed by atoms with Crippen LogP contribution in [0.1, 0.15) is 30.8 Å². The largest absolute Gasteiger partial charge is 0.494 e. The quantitative estimate of drug-likeness (QED) is 0.702. The van der Waals surface area contributed by atoms with Crippen molar-refractivity contribution in [1.82, 2.24) is 25.3 Å². The fourth-order valence-electron chi connectivity index (χ4n) is 2.60. The third-order valence-corrected chi connectivity index (χ3v) is 4.43. The Balaban J connectivity index is 2.19. The molecule has 0 saturated heterocycles. The van der Waals surface area contributed by atoms with Crippen LogP contribution in [0.2, 0.25) is 5.02 Å². The average molecular weight is 386 g/mol. The Bertz CT molecular complexity index is 943. The number of rotatable bonds is 6. The summed E-state index contributed by atoms with van der Waals surface area (Å²) in [5, 5.41) is 11.8. The van der Waals surface area contributed by atoms with E-state index in [1.165, 1.54) is 0 Å². The SMILES string of the molecule is CC[C@H](C)NC(=O)c1nnn(-c2cc(Cl)ccc2OC)c1-c1ccncc1. The van der Waals surface area contributed by atoms with Crippen molar-refractivity contribution in [2.75, 3.05) is 7.11 Å². The highest BCUT2D eigenvalue weighted by Gasteiger charge is 2.24. The lowest BCUT2D eigenvalue weighted by Crippen LogP contribution is -2.32. The van der Waals surface area contributed by atoms with Crippen LogP contribution < -0.4 is 10.1 Å². The molecule has 0 fully saturated rings. The second kappa shape index (κ2) is 8.18. The van der Waals surface area contributed by atoms with E-state index in [-0.39, 0.29) is 17.6 Å². The Morgan fingerprint density at radius 1 is 1.30 bits per heavy atom. The standard InChI is InChI=1S/C19H20ClN5O2/c1-4-12(2)22-19(26)17-18(13-7-9-21-10-8-13)25(24-23-17)15-11-14(20)5-6-16(15)27-3/h5-12H,4H2,1-3H3,(H,22,26)/t12-/m0/s1. The molecule has 1 N–H and O–H groups in total. The normalized spacial score (nSPS) is 11.9. The molecule has 2 aromatic heterocycles. The van der Waals surface area contributed by atoms with E-state index in [2.05, 4.69) is 20.6 Å². The molecule has 0 spiro atoms. The number of carbonyl (C=O) groups is 1. The first-order chi connectivity index (χ1) is 13.0. The topological polar surface area (TPSA) is 81.9 Å². The van der Waals surface area contributed by atoms with Crippen molar-refractivity contribution < 1.29 is 9.53 Å². The zero-order valence-corrected chi connectivity index (χ0v) is 16.1. The summed E-state index contributed by atoms with van der Waals surface area (Å²) in [4.78, 5) is 16.8. The number of hydrogen-bond acceptors (Lipinski definition) is 5. The first kappa shape index (κ1) is 18.8. The van der Waals surface area contributed by atoms with Crippen LogP contribution in [0, 0.1) is 0 Å². The lowest BCUT2D eigenvalue weighted by Gasteiger charge is -2.13. The molecule has 1 atom stereocenters. The summed E-state index contributed by atoms with van der Waals surface area (Å²) < 4.78 is 7.00. The van der Waals surface area contributed by atoms with Crippen molar-refractivity contribution >= 4 is 17.5 Å². The number of nitrogens with one attached hydrogen (secondary N) is 1. The highest BCUT2D eigenvalue weighted by atomic mass is 35.5. The van der Waals surface area contributed by atoms with E-state index < -0.39 is 0 Å². The van der Waals surface area contributed by atoms with E-state index >= 15 is 0 Å². The van der Waals surface area contributed by atoms with Gasteiger partial charge in [-0.15, -0.1) is 5.10 Å². The molecular weight excluding hydrogens is 366 g/mol. The molecule has 27 heavy (non-hydrogen) atoms. The van der Waals surface area contributed by atoms with Crippen molar-refractivity contribution in [2.45, 2.75) is 26.3 Å². The molecule has 0 saturated carbocycles. The maximum Gasteiger partial charge on any atom is 0.274 e. The van der Waals surface area contributed by atoms with Gasteiger partial charge in [-0.3, -0.25) is 9.78 Å². The molecule has 8 heteroatoms. The molecule has 0 aliphatic carbocycles. The highest BCUT2D eigenvalue weighted by Crippen LogP contribution is 2.31. The van der Waals surface area contributed by atoms with Crippen molar-refractivity contribution in [2.24, 2.45) is 0 Å². The predicted octanol–water partition coefficient (Wildman–Crippen LogP) is 3.52. The second-order valence-electron chi connectivity index (χ2n) is 6.03. The van der Waals surface area contributed by atoms with Gasteiger partial charge in [-0.25, -0.2) is 4.68 Å². The summed E-state index contributed by atoms with van der Waals surface area (Å²) in [6, 6.07) is 8.81. The minimum Gasteiger partial charge on any atom is -0.494 e. The van der Waals surface area contributed by atoms with E-state index in [1.807, 2.05) is 13.8 Å². The van der Waals surface area contributed by atoms with Gasteiger partial charge in [-0.05, 0) is 43.7 Å². The second-order valence-corrected chi connectivity index (χ2v) is 6.47. The highest BCUT2D eigenvalue weighted by molar-refractivity contribution is 6.30. The number of aromatic nitrogens is 4. The number of pyridine rings is 1. The number of carbonyl (C=O) groups excluding carboxylic acids is 1. The fraction of sp³-hybridized carbons (Fsp3) is 0.263. The Morgan fingerprint density at radius 2 is 2.04 bits per heavy atom. The molecule has 0 radical (unpaired) electrons. The molecule has 0 aliphatic heterocycles. The van der Waals surface area contributed by atoms with E-state index in [9.17, 15) is 4.79 Å². The summed E-state index contributed by atoms with van der Waals surface area (Å²) in [5.74, 6) is 0.275. The molecule has 0 aliphatic rings. The van der Waals surface area contributed by atoms with Gasteiger partial charge in [0, 0.05) is 29.0 Å². The first-order valence-electron chi connectivity index (χ1n) is 8.56. The zero-order chi connectivity index (χ0) is 19.4. The number of amides is 1. The zero-order valence-electron chi connectivity index (χ0n) is 15.3. The Morgan fingerprint density at radius 3 is 2.70 bits per heavy atom. The van der Waals surface area contributed by atoms with Crippen molar-refractivity contribution in [3.05, 3.63) is 53.4 Å². The van der Waals surface area contributed by atoms with Gasteiger partial charge in [-0.2, -0.15) is 0 Å². The average Bonchev–Trinajstić information content (AvgIpc) is 3.13. The van der Waals surface area contributed by atoms with Gasteiger partial charge in [-0.1, -0.05) is 23.7 Å². The maximum atomic E-state index is 12.8. The van der Waals surface area contributed by atoms with Gasteiger partial charge in [0.2, 0.25) is 0 Å². The molecule has 7 nitrogen and oxygen atoms in total. The number of methoxy groups -OCH3 is 1. The van der Waals surface area contributed by atoms with Crippen molar-refractivity contribution in [3.8, 4) is 22.7 Å². The van der Waals surface area contributed by atoms with Crippen LogP contribution in [0.25, 0.3) is 16.9 Å². The third kappa shape index (κ3) is 3.93. The summed E-state index contributed by atoms with van der Waals surface area (Å²) in [5.41, 5.74) is 2.11. The molecule has 0 unspecified atom stereocenters. The lowest BCUT2D eigenvalue weighted by molar-refractivity contribution is 0.0935. The van der Waals surface area contributed by atoms with Gasteiger partial charge >= 0.3 is 0 Å². The van der Waals surface area contributed by atoms with Crippen molar-refractivity contribution in [3.63, 3.8) is 0 Å². The monoisotopic (exact) mass is 385 g/mol. The Kier molecular flexibility index (Phi) is 5.71. The van der Waals surface area contributed by atoms with E-state index in [1.54, 1.807) is 54.5 Å². The lowest BCUT2D eigenvalue weighted by atomic mass is 10.1. The van der Waals surface area contributed by atoms with Crippen LogP contribution in [0.5, 0.6) is 5.75 Å². The predicted molar refractivity (Wildman–Crippen MR) is 103 cm³/mol. The first-order valence-corrected chi connectivity index (χ1v) is 8.93. The minimum absolute atomic E-state index is 0.0219. The molecule has 2 heterocycles. The number of nitrogens with zero attached hydrogens (tertiary/aromatic N) is 4. The minimum atomic E-state index is -0.289. The van der Waals surface area contributed by atoms with Gasteiger partial charge in [0.25, 0.3) is 5.91 Å². The van der Waals surface area contributed by atoms with Crippen LogP contribution in [0.3, 0.4) is 0 Å². The summed E-state index contributed by atoms with van der Waals surface area (Å²) >= 11 is 6.17. The van der Waals surface area contributed by atoms with E-state index in [0.29, 0.717) is 22.2 Å². The maximum absolute atomic E-state index is 12.8. The third-order valence-electron chi connectivity index (χ3n) is 4.20. The molecule has 3 aromatic rings. The van der Waals surface area contributed by atoms with E-state index in [0.717, 1.165) is 12.0 Å². The molecular formula is C19H20ClN5O2.